The van der Waals surface area contributed by atoms with E-state index in [-0.39, 0.29) is 56.8 Å². The van der Waals surface area contributed by atoms with Crippen LogP contribution in [-0.4, -0.2) is 0 Å². The van der Waals surface area contributed by atoms with Crippen LogP contribution in [-0.2, 0) is 0 Å². The summed E-state index contributed by atoms with van der Waals surface area (Å²) in [6, 6.07) is 87.4. The van der Waals surface area contributed by atoms with Crippen molar-refractivity contribution in [3.05, 3.63) is 315 Å². The molecule has 2 heterocycles. The SMILES string of the molecule is [2H]c1c([2H])c([2H])c2c(-c3cc4cc(-c5c6ccccc6c(-c6cc(-c7ccccc7)cc(-c7ccccc7)c6)c6ccccc56)c5oc6ccccc6c5c4c4c3oc3ccccc34)c3c([2H])c([2H])c([2H])c([2H])c3c(-c3cc(-c4ccccc4)cc(-c4ccccc4)c3)c2c1[2H]. The Morgan fingerprint density at radius 3 is 0.852 bits per heavy atom. The lowest BCUT2D eigenvalue weighted by molar-refractivity contribution is 0.670. The van der Waals surface area contributed by atoms with Crippen molar-refractivity contribution in [2.24, 2.45) is 0 Å². The molecule has 0 aliphatic heterocycles. The minimum absolute atomic E-state index is 0.0791. The van der Waals surface area contributed by atoms with Crippen molar-refractivity contribution in [2.45, 2.75) is 0 Å². The molecule has 0 saturated heterocycles. The fraction of sp³-hybridized carbons (Fsp3) is 0. The van der Waals surface area contributed by atoms with Gasteiger partial charge in [-0.15, -0.1) is 0 Å². The van der Waals surface area contributed by atoms with Gasteiger partial charge < -0.3 is 8.83 Å². The lowest BCUT2D eigenvalue weighted by atomic mass is 9.82. The Balaban J connectivity index is 1.00. The molecule has 408 valence electrons. The molecule has 2 heteroatoms. The van der Waals surface area contributed by atoms with Crippen molar-refractivity contribution < 1.29 is 19.8 Å². The number of benzene rings is 16. The van der Waals surface area contributed by atoms with Crippen LogP contribution in [0.3, 0.4) is 0 Å². The molecule has 0 unspecified atom stereocenters. The zero-order valence-electron chi connectivity index (χ0n) is 55.2. The van der Waals surface area contributed by atoms with Crippen molar-refractivity contribution in [3.63, 3.8) is 0 Å². The van der Waals surface area contributed by atoms with E-state index in [1.807, 2.05) is 133 Å². The largest absolute Gasteiger partial charge is 0.455 e. The van der Waals surface area contributed by atoms with Crippen LogP contribution >= 0.6 is 0 Å². The first-order valence-electron chi connectivity index (χ1n) is 33.6. The first kappa shape index (κ1) is 42.3. The molecule has 0 radical (unpaired) electrons. The van der Waals surface area contributed by atoms with Gasteiger partial charge in [0.1, 0.15) is 22.3 Å². The summed E-state index contributed by atoms with van der Waals surface area (Å²) in [4.78, 5) is 0. The van der Waals surface area contributed by atoms with Gasteiger partial charge in [0.25, 0.3) is 0 Å². The van der Waals surface area contributed by atoms with E-state index in [0.717, 1.165) is 115 Å². The fourth-order valence-electron chi connectivity index (χ4n) is 14.0. The van der Waals surface area contributed by atoms with Gasteiger partial charge in [-0.3, -0.25) is 0 Å². The molecule has 0 saturated carbocycles. The van der Waals surface area contributed by atoms with E-state index >= 15 is 0 Å². The summed E-state index contributed by atoms with van der Waals surface area (Å²) in [5.41, 5.74) is 15.2. The summed E-state index contributed by atoms with van der Waals surface area (Å²) in [5, 5.41) is 9.12. The molecular formula is C86H52O2. The van der Waals surface area contributed by atoms with E-state index in [2.05, 4.69) is 133 Å². The zero-order chi connectivity index (χ0) is 64.8. The topological polar surface area (TPSA) is 26.3 Å². The monoisotopic (exact) mass is 1120 g/mol. The molecule has 0 spiro atoms. The van der Waals surface area contributed by atoms with Crippen LogP contribution < -0.4 is 0 Å². The Morgan fingerprint density at radius 1 is 0.216 bits per heavy atom. The summed E-state index contributed by atoms with van der Waals surface area (Å²) < 4.78 is 93.3. The average Bonchev–Trinajstić information content (AvgIpc) is 1.26. The van der Waals surface area contributed by atoms with Gasteiger partial charge in [0.05, 0.1) is 11.0 Å². The number of hydrogen-bond donors (Lipinski definition) is 0. The molecular weight excluding hydrogens is 1060 g/mol. The second kappa shape index (κ2) is 20.0. The van der Waals surface area contributed by atoms with Gasteiger partial charge in [-0.05, 0) is 176 Å². The van der Waals surface area contributed by atoms with Gasteiger partial charge in [-0.2, -0.15) is 0 Å². The van der Waals surface area contributed by atoms with Crippen molar-refractivity contribution in [1.82, 2.24) is 0 Å². The van der Waals surface area contributed by atoms with Gasteiger partial charge in [-0.25, -0.2) is 0 Å². The van der Waals surface area contributed by atoms with Crippen molar-refractivity contribution in [3.8, 4) is 89.0 Å². The van der Waals surface area contributed by atoms with Crippen molar-refractivity contribution in [1.29, 1.82) is 0 Å². The summed E-state index contributed by atoms with van der Waals surface area (Å²) in [5.74, 6) is 0. The maximum Gasteiger partial charge on any atom is 0.143 e. The number of rotatable bonds is 8. The van der Waals surface area contributed by atoms with E-state index in [9.17, 15) is 11.0 Å². The summed E-state index contributed by atoms with van der Waals surface area (Å²) in [6.45, 7) is 0. The molecule has 18 aromatic rings. The predicted octanol–water partition coefficient (Wildman–Crippen LogP) is 24.6. The number of furan rings is 2. The molecule has 18 rings (SSSR count). The Labute approximate surface area is 519 Å². The quantitative estimate of drug-likeness (QED) is 0.142. The lowest BCUT2D eigenvalue weighted by Crippen LogP contribution is -1.94. The molecule has 2 nitrogen and oxygen atoms in total. The van der Waals surface area contributed by atoms with Crippen LogP contribution in [0, 0.1) is 0 Å². The molecule has 0 bridgehead atoms. The zero-order valence-corrected chi connectivity index (χ0v) is 47.2. The highest BCUT2D eigenvalue weighted by Gasteiger charge is 2.28. The third-order valence-corrected chi connectivity index (χ3v) is 17.8. The van der Waals surface area contributed by atoms with E-state index in [4.69, 9.17) is 8.83 Å². The normalized spacial score (nSPS) is 13.1. The Morgan fingerprint density at radius 2 is 0.489 bits per heavy atom. The third-order valence-electron chi connectivity index (χ3n) is 17.8. The van der Waals surface area contributed by atoms with Crippen molar-refractivity contribution >= 4 is 97.7 Å². The molecule has 0 atom stereocenters. The number of hydrogen-bond acceptors (Lipinski definition) is 2. The molecule has 0 fully saturated rings. The Kier molecular flexibility index (Phi) is 9.62. The van der Waals surface area contributed by atoms with Gasteiger partial charge >= 0.3 is 0 Å². The summed E-state index contributed by atoms with van der Waals surface area (Å²) >= 11 is 0. The molecule has 16 aromatic carbocycles. The van der Waals surface area contributed by atoms with Crippen LogP contribution in [0.4, 0.5) is 0 Å². The maximum atomic E-state index is 10.2. The standard InChI is InChI=1S/C86H52O2/c1-5-25-53(26-6-1)57-45-58(54-27-7-2-8-28-54)48-61(47-57)78-64-33-13-17-37-68(64)81(69-38-18-14-34-65(69)78)74-51-63-52-75(86-84(73-42-22-24-44-77(73)88-86)80(63)83-72-41-21-23-43-76(72)87-85(74)83)82-70-39-19-15-35-66(70)79(67-36-16-20-40-71(67)82)62-49-59(55-29-9-3-10-30-55)46-60(50-62)56-31-11-4-12-32-56/h1-52H/i13D,14D,17D,18D,33D,34D,37D,38D. The predicted molar refractivity (Wildman–Crippen MR) is 372 cm³/mol. The minimum atomic E-state index is -0.497. The second-order valence-electron chi connectivity index (χ2n) is 22.7. The minimum Gasteiger partial charge on any atom is -0.455 e. The van der Waals surface area contributed by atoms with Gasteiger partial charge in [-0.1, -0.05) is 255 Å². The van der Waals surface area contributed by atoms with Gasteiger partial charge in [0.2, 0.25) is 0 Å². The van der Waals surface area contributed by atoms with Crippen LogP contribution in [0.2, 0.25) is 0 Å². The lowest BCUT2D eigenvalue weighted by Gasteiger charge is -2.21. The molecule has 2 aromatic heterocycles. The third kappa shape index (κ3) is 7.83. The smallest absolute Gasteiger partial charge is 0.143 e. The summed E-state index contributed by atoms with van der Waals surface area (Å²) in [6.07, 6.45) is 0. The van der Waals surface area contributed by atoms with Gasteiger partial charge in [0, 0.05) is 49.2 Å². The summed E-state index contributed by atoms with van der Waals surface area (Å²) in [7, 11) is 0. The number of fused-ring (bicyclic) bond motifs is 13. The number of para-hydroxylation sites is 2. The van der Waals surface area contributed by atoms with Crippen LogP contribution in [0.15, 0.2) is 324 Å². The Bertz CT molecular complexity index is 6090. The van der Waals surface area contributed by atoms with Crippen LogP contribution in [0.1, 0.15) is 11.0 Å². The molecule has 0 N–H and O–H groups in total. The first-order valence-corrected chi connectivity index (χ1v) is 29.6. The van der Waals surface area contributed by atoms with Crippen molar-refractivity contribution in [2.75, 3.05) is 0 Å². The Hall–Kier alpha value is -11.6. The maximum absolute atomic E-state index is 10.2. The van der Waals surface area contributed by atoms with E-state index in [0.29, 0.717) is 38.8 Å². The van der Waals surface area contributed by atoms with E-state index in [1.165, 1.54) is 0 Å². The highest BCUT2D eigenvalue weighted by Crippen LogP contribution is 2.54. The molecule has 0 aliphatic rings. The molecule has 0 amide bonds. The highest BCUT2D eigenvalue weighted by molar-refractivity contribution is 6.37. The van der Waals surface area contributed by atoms with Crippen LogP contribution in [0.25, 0.3) is 187 Å². The average molecular weight is 1130 g/mol. The van der Waals surface area contributed by atoms with E-state index in [1.54, 1.807) is 0 Å². The molecule has 88 heavy (non-hydrogen) atoms. The second-order valence-corrected chi connectivity index (χ2v) is 22.7. The van der Waals surface area contributed by atoms with E-state index < -0.39 is 24.2 Å². The fourth-order valence-corrected chi connectivity index (χ4v) is 14.0. The first-order chi connectivity index (χ1) is 47.0. The van der Waals surface area contributed by atoms with Gasteiger partial charge in [0.15, 0.2) is 0 Å². The molecule has 0 aliphatic carbocycles. The highest BCUT2D eigenvalue weighted by atomic mass is 16.3. The van der Waals surface area contributed by atoms with Crippen LogP contribution in [0.5, 0.6) is 0 Å².